The molecule has 0 aromatic heterocycles. The number of hydrazine groups is 1. The van der Waals surface area contributed by atoms with Gasteiger partial charge in [-0.2, -0.15) is 0 Å². The van der Waals surface area contributed by atoms with Crippen molar-refractivity contribution in [2.75, 3.05) is 0 Å². The van der Waals surface area contributed by atoms with E-state index in [0.29, 0.717) is 5.56 Å². The summed E-state index contributed by atoms with van der Waals surface area (Å²) in [5, 5.41) is 0. The van der Waals surface area contributed by atoms with Crippen molar-refractivity contribution in [3.8, 4) is 0 Å². The molecule has 0 saturated carbocycles. The Morgan fingerprint density at radius 3 is 2.15 bits per heavy atom. The second-order valence-corrected chi connectivity index (χ2v) is 2.89. The lowest BCUT2D eigenvalue weighted by Crippen LogP contribution is -2.32. The average Bonchev–Trinajstić information content (AvgIpc) is 2.09. The summed E-state index contributed by atoms with van der Waals surface area (Å²) in [7, 11) is 0. The average molecular weight is 186 g/mol. The summed E-state index contributed by atoms with van der Waals surface area (Å²) in [6.07, 6.45) is -2.49. The molecule has 13 heavy (non-hydrogen) atoms. The van der Waals surface area contributed by atoms with Gasteiger partial charge in [0.2, 0.25) is 0 Å². The molecular weight excluding hydrogens is 174 g/mol. The van der Waals surface area contributed by atoms with E-state index < -0.39 is 12.5 Å². The predicted octanol–water partition coefficient (Wildman–Crippen LogP) is 1.76. The Morgan fingerprint density at radius 2 is 1.77 bits per heavy atom. The maximum atomic E-state index is 12.3. The number of hydrogen-bond donors (Lipinski definition) is 2. The van der Waals surface area contributed by atoms with Gasteiger partial charge in [-0.3, -0.25) is 5.84 Å². The maximum Gasteiger partial charge on any atom is 0.259 e. The van der Waals surface area contributed by atoms with Crippen molar-refractivity contribution in [3.05, 3.63) is 35.4 Å². The van der Waals surface area contributed by atoms with Crippen molar-refractivity contribution in [1.29, 1.82) is 0 Å². The molecule has 0 aliphatic carbocycles. The first-order valence-corrected chi connectivity index (χ1v) is 3.96. The molecule has 0 aliphatic rings. The number of alkyl halides is 2. The third-order valence-corrected chi connectivity index (χ3v) is 1.87. The number of aryl methyl sites for hydroxylation is 1. The summed E-state index contributed by atoms with van der Waals surface area (Å²) < 4.78 is 24.7. The molecule has 0 radical (unpaired) electrons. The van der Waals surface area contributed by atoms with Gasteiger partial charge in [-0.05, 0) is 12.5 Å². The van der Waals surface area contributed by atoms with Crippen LogP contribution in [-0.2, 0) is 0 Å². The standard InChI is InChI=1S/C9H12F2N2/c1-6-2-4-7(5-3-6)8(13-12)9(10)11/h2-5,8-9,13H,12H2,1H3. The Balaban J connectivity index is 2.86. The Kier molecular flexibility index (Phi) is 3.33. The fourth-order valence-corrected chi connectivity index (χ4v) is 1.09. The van der Waals surface area contributed by atoms with Crippen LogP contribution < -0.4 is 11.3 Å². The molecular formula is C9H12F2N2. The minimum absolute atomic E-state index is 0.503. The van der Waals surface area contributed by atoms with Crippen LogP contribution in [-0.4, -0.2) is 6.43 Å². The van der Waals surface area contributed by atoms with Crippen LogP contribution in [0, 0.1) is 6.92 Å². The first-order chi connectivity index (χ1) is 6.15. The normalized spacial score (nSPS) is 13.3. The van der Waals surface area contributed by atoms with Gasteiger partial charge in [-0.15, -0.1) is 0 Å². The van der Waals surface area contributed by atoms with Crippen molar-refractivity contribution < 1.29 is 8.78 Å². The lowest BCUT2D eigenvalue weighted by molar-refractivity contribution is 0.0986. The Bertz CT molecular complexity index is 259. The zero-order chi connectivity index (χ0) is 9.84. The van der Waals surface area contributed by atoms with E-state index in [2.05, 4.69) is 5.43 Å². The van der Waals surface area contributed by atoms with Gasteiger partial charge in [0, 0.05) is 0 Å². The Hall–Kier alpha value is -1.00. The summed E-state index contributed by atoms with van der Waals surface area (Å²) in [6.45, 7) is 1.90. The second-order valence-electron chi connectivity index (χ2n) is 2.89. The molecule has 1 rings (SSSR count). The zero-order valence-electron chi connectivity index (χ0n) is 7.30. The zero-order valence-corrected chi connectivity index (χ0v) is 7.30. The van der Waals surface area contributed by atoms with Crippen LogP contribution in [0.4, 0.5) is 8.78 Å². The maximum absolute atomic E-state index is 12.3. The number of nitrogens with two attached hydrogens (primary N) is 1. The van der Waals surface area contributed by atoms with Crippen LogP contribution in [0.25, 0.3) is 0 Å². The van der Waals surface area contributed by atoms with Gasteiger partial charge < -0.3 is 0 Å². The number of rotatable bonds is 3. The van der Waals surface area contributed by atoms with Crippen LogP contribution in [0.3, 0.4) is 0 Å². The van der Waals surface area contributed by atoms with E-state index in [1.54, 1.807) is 24.3 Å². The SMILES string of the molecule is Cc1ccc(C(NN)C(F)F)cc1. The predicted molar refractivity (Wildman–Crippen MR) is 47.2 cm³/mol. The van der Waals surface area contributed by atoms with Gasteiger partial charge in [-0.25, -0.2) is 14.2 Å². The van der Waals surface area contributed by atoms with Crippen molar-refractivity contribution in [1.82, 2.24) is 5.43 Å². The fraction of sp³-hybridized carbons (Fsp3) is 0.333. The summed E-state index contributed by atoms with van der Waals surface area (Å²) >= 11 is 0. The topological polar surface area (TPSA) is 38.0 Å². The monoisotopic (exact) mass is 186 g/mol. The van der Waals surface area contributed by atoms with Crippen molar-refractivity contribution >= 4 is 0 Å². The van der Waals surface area contributed by atoms with E-state index in [-0.39, 0.29) is 0 Å². The summed E-state index contributed by atoms with van der Waals surface area (Å²) in [5.74, 6) is 5.01. The van der Waals surface area contributed by atoms with Gasteiger partial charge in [0.05, 0.1) is 0 Å². The Labute approximate surface area is 75.7 Å². The quantitative estimate of drug-likeness (QED) is 0.557. The molecule has 0 fully saturated rings. The molecule has 1 aromatic carbocycles. The van der Waals surface area contributed by atoms with Crippen LogP contribution in [0.2, 0.25) is 0 Å². The number of benzene rings is 1. The minimum Gasteiger partial charge on any atom is -0.271 e. The summed E-state index contributed by atoms with van der Waals surface area (Å²) in [6, 6.07) is 5.77. The number of halogens is 2. The highest BCUT2D eigenvalue weighted by Crippen LogP contribution is 2.19. The van der Waals surface area contributed by atoms with E-state index in [1.807, 2.05) is 6.92 Å². The van der Waals surface area contributed by atoms with Crippen LogP contribution in [0.5, 0.6) is 0 Å². The lowest BCUT2D eigenvalue weighted by Gasteiger charge is -2.14. The molecule has 0 aliphatic heterocycles. The number of hydrogen-bond acceptors (Lipinski definition) is 2. The molecule has 0 bridgehead atoms. The summed E-state index contributed by atoms with van der Waals surface area (Å²) in [5.41, 5.74) is 3.63. The molecule has 2 nitrogen and oxygen atoms in total. The first kappa shape index (κ1) is 10.1. The fourth-order valence-electron chi connectivity index (χ4n) is 1.09. The molecule has 0 saturated heterocycles. The van der Waals surface area contributed by atoms with E-state index >= 15 is 0 Å². The Morgan fingerprint density at radius 1 is 1.23 bits per heavy atom. The summed E-state index contributed by atoms with van der Waals surface area (Å²) in [4.78, 5) is 0. The first-order valence-electron chi connectivity index (χ1n) is 3.96. The molecule has 1 atom stereocenters. The van der Waals surface area contributed by atoms with Crippen molar-refractivity contribution in [2.45, 2.75) is 19.4 Å². The van der Waals surface area contributed by atoms with E-state index in [9.17, 15) is 8.78 Å². The molecule has 4 heteroatoms. The van der Waals surface area contributed by atoms with Gasteiger partial charge in [-0.1, -0.05) is 29.8 Å². The van der Waals surface area contributed by atoms with Crippen LogP contribution >= 0.6 is 0 Å². The van der Waals surface area contributed by atoms with Gasteiger partial charge in [0.15, 0.2) is 0 Å². The molecule has 0 amide bonds. The highest BCUT2D eigenvalue weighted by Gasteiger charge is 2.19. The second kappa shape index (κ2) is 4.30. The van der Waals surface area contributed by atoms with E-state index in [0.717, 1.165) is 5.56 Å². The van der Waals surface area contributed by atoms with Gasteiger partial charge in [0.1, 0.15) is 6.04 Å². The van der Waals surface area contributed by atoms with E-state index in [1.165, 1.54) is 0 Å². The highest BCUT2D eigenvalue weighted by molar-refractivity contribution is 5.24. The van der Waals surface area contributed by atoms with Crippen molar-refractivity contribution in [2.24, 2.45) is 5.84 Å². The van der Waals surface area contributed by atoms with Crippen molar-refractivity contribution in [3.63, 3.8) is 0 Å². The lowest BCUT2D eigenvalue weighted by atomic mass is 10.1. The third kappa shape index (κ3) is 2.47. The number of nitrogens with one attached hydrogen (secondary N) is 1. The third-order valence-electron chi connectivity index (χ3n) is 1.87. The minimum atomic E-state index is -2.49. The molecule has 1 unspecified atom stereocenters. The smallest absolute Gasteiger partial charge is 0.259 e. The molecule has 0 heterocycles. The van der Waals surface area contributed by atoms with Crippen LogP contribution in [0.15, 0.2) is 24.3 Å². The molecule has 3 N–H and O–H groups in total. The van der Waals surface area contributed by atoms with E-state index in [4.69, 9.17) is 5.84 Å². The highest BCUT2D eigenvalue weighted by atomic mass is 19.3. The van der Waals surface area contributed by atoms with Gasteiger partial charge in [0.25, 0.3) is 6.43 Å². The molecule has 0 spiro atoms. The molecule has 1 aromatic rings. The van der Waals surface area contributed by atoms with Gasteiger partial charge >= 0.3 is 0 Å². The van der Waals surface area contributed by atoms with Crippen LogP contribution in [0.1, 0.15) is 17.2 Å². The molecule has 72 valence electrons. The largest absolute Gasteiger partial charge is 0.271 e.